The summed E-state index contributed by atoms with van der Waals surface area (Å²) >= 11 is 0. The summed E-state index contributed by atoms with van der Waals surface area (Å²) in [6.07, 6.45) is 23.1. The van der Waals surface area contributed by atoms with Gasteiger partial charge in [-0.05, 0) is 86.3 Å². The van der Waals surface area contributed by atoms with E-state index < -0.39 is 0 Å². The molecule has 3 rings (SSSR count). The van der Waals surface area contributed by atoms with Crippen molar-refractivity contribution in [1.82, 2.24) is 0 Å². The lowest BCUT2D eigenvalue weighted by atomic mass is 9.76. The molecule has 0 heterocycles. The molecule has 2 aliphatic rings. The number of allylic oxidation sites excluding steroid dienone is 2. The molecule has 0 nitrogen and oxygen atoms in total. The Bertz CT molecular complexity index is 650. The zero-order valence-corrected chi connectivity index (χ0v) is 19.7. The minimum atomic E-state index is 0.00858. The first-order valence-corrected chi connectivity index (χ1v) is 13.1. The van der Waals surface area contributed by atoms with Gasteiger partial charge in [0.25, 0.3) is 0 Å². The van der Waals surface area contributed by atoms with Crippen molar-refractivity contribution in [1.29, 1.82) is 0 Å². The maximum atomic E-state index is 14.4. The molecule has 30 heavy (non-hydrogen) atoms. The molecule has 1 aromatic rings. The number of benzene rings is 1. The van der Waals surface area contributed by atoms with Gasteiger partial charge in [0.05, 0.1) is 0 Å². The van der Waals surface area contributed by atoms with E-state index in [4.69, 9.17) is 0 Å². The largest absolute Gasteiger partial charge is 0.207 e. The van der Waals surface area contributed by atoms with E-state index in [1.807, 2.05) is 6.07 Å². The van der Waals surface area contributed by atoms with E-state index in [-0.39, 0.29) is 5.82 Å². The topological polar surface area (TPSA) is 0 Å². The minimum Gasteiger partial charge on any atom is -0.207 e. The zero-order valence-electron chi connectivity index (χ0n) is 19.7. The van der Waals surface area contributed by atoms with Crippen molar-refractivity contribution < 1.29 is 4.39 Å². The van der Waals surface area contributed by atoms with Crippen LogP contribution in [0.2, 0.25) is 0 Å². The van der Waals surface area contributed by atoms with Crippen molar-refractivity contribution in [3.05, 3.63) is 46.8 Å². The summed E-state index contributed by atoms with van der Waals surface area (Å²) in [6, 6.07) is 5.98. The van der Waals surface area contributed by atoms with E-state index in [0.717, 1.165) is 54.6 Å². The highest BCUT2D eigenvalue weighted by Gasteiger charge is 2.22. The number of hydrogen-bond donors (Lipinski definition) is 0. The van der Waals surface area contributed by atoms with E-state index in [9.17, 15) is 4.39 Å². The molecule has 0 aliphatic heterocycles. The SMILES string of the molecule is CCCCCc1ccc(CCC2=CCC(CC[C@H]3CC[C@H](CC)CC3)CC2)cc1F. The van der Waals surface area contributed by atoms with Crippen LogP contribution in [0.5, 0.6) is 0 Å². The van der Waals surface area contributed by atoms with Gasteiger partial charge >= 0.3 is 0 Å². The third-order valence-electron chi connectivity index (χ3n) is 8.04. The maximum absolute atomic E-state index is 14.4. The molecule has 1 heteroatoms. The Balaban J connectivity index is 1.35. The molecule has 0 aromatic heterocycles. The Labute approximate surface area is 185 Å². The average Bonchev–Trinajstić information content (AvgIpc) is 2.79. The van der Waals surface area contributed by atoms with E-state index >= 15 is 0 Å². The van der Waals surface area contributed by atoms with Gasteiger partial charge in [0.1, 0.15) is 5.82 Å². The highest BCUT2D eigenvalue weighted by atomic mass is 19.1. The third kappa shape index (κ3) is 7.54. The smallest absolute Gasteiger partial charge is 0.126 e. The fourth-order valence-electron chi connectivity index (χ4n) is 5.65. The van der Waals surface area contributed by atoms with Crippen LogP contribution in [0.25, 0.3) is 0 Å². The Kier molecular flexibility index (Phi) is 9.95. The first kappa shape index (κ1) is 23.6. The maximum Gasteiger partial charge on any atom is 0.126 e. The van der Waals surface area contributed by atoms with E-state index in [2.05, 4.69) is 26.0 Å². The lowest BCUT2D eigenvalue weighted by Gasteiger charge is -2.29. The highest BCUT2D eigenvalue weighted by molar-refractivity contribution is 5.25. The lowest BCUT2D eigenvalue weighted by Crippen LogP contribution is -2.15. The van der Waals surface area contributed by atoms with Crippen LogP contribution in [0.15, 0.2) is 29.8 Å². The second-order valence-electron chi connectivity index (χ2n) is 10.3. The third-order valence-corrected chi connectivity index (χ3v) is 8.04. The van der Waals surface area contributed by atoms with Crippen LogP contribution >= 0.6 is 0 Å². The molecule has 1 unspecified atom stereocenters. The van der Waals surface area contributed by atoms with Gasteiger partial charge in [-0.2, -0.15) is 0 Å². The number of halogens is 1. The van der Waals surface area contributed by atoms with Crippen LogP contribution in [0.4, 0.5) is 4.39 Å². The van der Waals surface area contributed by atoms with Crippen LogP contribution in [-0.2, 0) is 12.8 Å². The van der Waals surface area contributed by atoms with Crippen LogP contribution in [0.1, 0.15) is 115 Å². The number of rotatable bonds is 11. The molecule has 1 fully saturated rings. The average molecular weight is 413 g/mol. The van der Waals surface area contributed by atoms with E-state index in [1.54, 1.807) is 11.6 Å². The number of aryl methyl sites for hydroxylation is 2. The van der Waals surface area contributed by atoms with Crippen LogP contribution < -0.4 is 0 Å². The van der Waals surface area contributed by atoms with E-state index in [0.29, 0.717) is 0 Å². The van der Waals surface area contributed by atoms with Crippen molar-refractivity contribution in [2.75, 3.05) is 0 Å². The molecule has 1 saturated carbocycles. The molecular weight excluding hydrogens is 367 g/mol. The molecule has 1 atom stereocenters. The van der Waals surface area contributed by atoms with Crippen molar-refractivity contribution in [3.8, 4) is 0 Å². The van der Waals surface area contributed by atoms with Gasteiger partial charge in [0.15, 0.2) is 0 Å². The van der Waals surface area contributed by atoms with Gasteiger partial charge in [-0.25, -0.2) is 4.39 Å². The van der Waals surface area contributed by atoms with Gasteiger partial charge in [-0.1, -0.05) is 89.0 Å². The van der Waals surface area contributed by atoms with Crippen molar-refractivity contribution in [2.45, 2.75) is 117 Å². The second kappa shape index (κ2) is 12.7. The summed E-state index contributed by atoms with van der Waals surface area (Å²) in [7, 11) is 0. The van der Waals surface area contributed by atoms with Gasteiger partial charge < -0.3 is 0 Å². The van der Waals surface area contributed by atoms with Crippen molar-refractivity contribution >= 4 is 0 Å². The molecule has 2 aliphatic carbocycles. The first-order valence-electron chi connectivity index (χ1n) is 13.1. The Morgan fingerprint density at radius 3 is 2.27 bits per heavy atom. The van der Waals surface area contributed by atoms with Gasteiger partial charge in [0, 0.05) is 0 Å². The van der Waals surface area contributed by atoms with Gasteiger partial charge in [0.2, 0.25) is 0 Å². The highest BCUT2D eigenvalue weighted by Crippen LogP contribution is 2.36. The fraction of sp³-hybridized carbons (Fsp3) is 0.724. The van der Waals surface area contributed by atoms with Gasteiger partial charge in [-0.3, -0.25) is 0 Å². The lowest BCUT2D eigenvalue weighted by molar-refractivity contribution is 0.241. The Morgan fingerprint density at radius 1 is 0.833 bits per heavy atom. The first-order chi connectivity index (χ1) is 14.7. The van der Waals surface area contributed by atoms with Gasteiger partial charge in [-0.15, -0.1) is 0 Å². The summed E-state index contributed by atoms with van der Waals surface area (Å²) < 4.78 is 14.4. The molecule has 0 radical (unpaired) electrons. The van der Waals surface area contributed by atoms with Crippen molar-refractivity contribution in [3.63, 3.8) is 0 Å². The monoisotopic (exact) mass is 412 g/mol. The molecular formula is C29H45F. The van der Waals surface area contributed by atoms with Crippen LogP contribution in [0, 0.1) is 23.6 Å². The summed E-state index contributed by atoms with van der Waals surface area (Å²) in [4.78, 5) is 0. The molecule has 0 bridgehead atoms. The molecule has 168 valence electrons. The predicted octanol–water partition coefficient (Wildman–Crippen LogP) is 9.21. The fourth-order valence-corrected chi connectivity index (χ4v) is 5.65. The zero-order chi connectivity index (χ0) is 21.2. The summed E-state index contributed by atoms with van der Waals surface area (Å²) in [5.41, 5.74) is 3.68. The quantitative estimate of drug-likeness (QED) is 0.251. The molecule has 0 N–H and O–H groups in total. The Morgan fingerprint density at radius 2 is 1.60 bits per heavy atom. The molecule has 0 amide bonds. The van der Waals surface area contributed by atoms with E-state index in [1.165, 1.54) is 77.0 Å². The standard InChI is InChI=1S/C29H45F/c1-3-5-6-7-28-21-20-27(22-29(28)30)19-18-26-16-14-25(15-17-26)13-12-24-10-8-23(4-2)9-11-24/h16,20-25H,3-15,17-19H2,1-2H3/t23-,24-,25?. The molecule has 1 aromatic carbocycles. The summed E-state index contributed by atoms with van der Waals surface area (Å²) in [6.45, 7) is 4.55. The van der Waals surface area contributed by atoms with Crippen LogP contribution in [0.3, 0.4) is 0 Å². The normalized spacial score (nSPS) is 24.6. The number of hydrogen-bond acceptors (Lipinski definition) is 0. The molecule has 0 spiro atoms. The second-order valence-corrected chi connectivity index (χ2v) is 10.3. The minimum absolute atomic E-state index is 0.00858. The van der Waals surface area contributed by atoms with Crippen LogP contribution in [-0.4, -0.2) is 0 Å². The summed E-state index contributed by atoms with van der Waals surface area (Å²) in [5.74, 6) is 2.96. The predicted molar refractivity (Wildman–Crippen MR) is 128 cm³/mol. The Hall–Kier alpha value is -1.11. The van der Waals surface area contributed by atoms with Crippen molar-refractivity contribution in [2.24, 2.45) is 17.8 Å². The molecule has 0 saturated heterocycles. The summed E-state index contributed by atoms with van der Waals surface area (Å²) in [5, 5.41) is 0. The number of unbranched alkanes of at least 4 members (excludes halogenated alkanes) is 2.